The zero-order chi connectivity index (χ0) is 24.1. The maximum atomic E-state index is 13.1. The largest absolute Gasteiger partial charge is 0.507 e. The second-order valence-corrected chi connectivity index (χ2v) is 8.69. The van der Waals surface area contributed by atoms with Gasteiger partial charge >= 0.3 is 0 Å². The Hall–Kier alpha value is -2.99. The molecule has 1 N–H and O–H groups in total. The van der Waals surface area contributed by atoms with Crippen molar-refractivity contribution >= 4 is 29.1 Å². The van der Waals surface area contributed by atoms with Crippen molar-refractivity contribution in [2.75, 3.05) is 13.7 Å². The first-order chi connectivity index (χ1) is 15.8. The van der Waals surface area contributed by atoms with E-state index < -0.39 is 17.7 Å². The van der Waals surface area contributed by atoms with Crippen molar-refractivity contribution in [1.82, 2.24) is 4.90 Å². The van der Waals surface area contributed by atoms with Crippen molar-refractivity contribution in [3.63, 3.8) is 0 Å². The summed E-state index contributed by atoms with van der Waals surface area (Å²) < 4.78 is 10.9. The molecule has 1 aliphatic heterocycles. The number of unbranched alkanes of at least 4 members (excludes halogenated alkanes) is 2. The Bertz CT molecular complexity index is 1050. The molecule has 1 saturated heterocycles. The third-order valence-electron chi connectivity index (χ3n) is 5.54. The Kier molecular flexibility index (Phi) is 8.03. The molecule has 176 valence electrons. The number of nitrogens with zero attached hydrogens (tertiary/aromatic N) is 1. The molecule has 1 fully saturated rings. The third kappa shape index (κ3) is 5.33. The minimum atomic E-state index is -0.705. The second kappa shape index (κ2) is 10.8. The zero-order valence-corrected chi connectivity index (χ0v) is 20.2. The number of benzene rings is 2. The van der Waals surface area contributed by atoms with Crippen LogP contribution in [0.5, 0.6) is 11.5 Å². The molecule has 1 unspecified atom stereocenters. The molecule has 7 heteroatoms. The summed E-state index contributed by atoms with van der Waals surface area (Å²) in [5, 5.41) is 11.4. The minimum absolute atomic E-state index is 0.0235. The molecule has 0 radical (unpaired) electrons. The van der Waals surface area contributed by atoms with Gasteiger partial charge in [-0.25, -0.2) is 0 Å². The quantitative estimate of drug-likeness (QED) is 0.218. The topological polar surface area (TPSA) is 76.1 Å². The molecule has 0 spiro atoms. The lowest BCUT2D eigenvalue weighted by atomic mass is 9.95. The molecular weight excluding hydrogens is 442 g/mol. The first-order valence-corrected chi connectivity index (χ1v) is 11.5. The predicted molar refractivity (Wildman–Crippen MR) is 129 cm³/mol. The van der Waals surface area contributed by atoms with Gasteiger partial charge in [0.2, 0.25) is 0 Å². The highest BCUT2D eigenvalue weighted by Crippen LogP contribution is 2.40. The van der Waals surface area contributed by atoms with Gasteiger partial charge in [-0.05, 0) is 56.2 Å². The van der Waals surface area contributed by atoms with Gasteiger partial charge in [0, 0.05) is 12.1 Å². The number of rotatable bonds is 9. The van der Waals surface area contributed by atoms with E-state index >= 15 is 0 Å². The number of Topliss-reactive ketones (excluding diaryl/α,β-unsaturated/α-hetero) is 1. The van der Waals surface area contributed by atoms with Crippen LogP contribution in [0, 0.1) is 0 Å². The molecule has 33 heavy (non-hydrogen) atoms. The number of aliphatic hydroxyl groups is 1. The summed E-state index contributed by atoms with van der Waals surface area (Å²) in [6.45, 7) is 6.38. The molecule has 0 aromatic heterocycles. The molecule has 2 aromatic carbocycles. The van der Waals surface area contributed by atoms with Crippen molar-refractivity contribution in [2.45, 2.75) is 52.2 Å². The summed E-state index contributed by atoms with van der Waals surface area (Å²) >= 11 is 6.24. The summed E-state index contributed by atoms with van der Waals surface area (Å²) in [7, 11) is 1.50. The van der Waals surface area contributed by atoms with Crippen molar-refractivity contribution < 1.29 is 24.2 Å². The average Bonchev–Trinajstić information content (AvgIpc) is 3.04. The molecule has 1 atom stereocenters. The standard InChI is InChI=1S/C26H30ClNO5/c1-5-6-7-14-28-23(17-8-11-19(12-9-17)33-16(2)3)22(25(30)26(28)31)24(29)18-10-13-21(32-4)20(27)15-18/h8-13,15-16,23,29H,5-7,14H2,1-4H3/b24-22-. The lowest BCUT2D eigenvalue weighted by Gasteiger charge is -2.25. The van der Waals surface area contributed by atoms with Gasteiger partial charge < -0.3 is 19.5 Å². The van der Waals surface area contributed by atoms with Crippen LogP contribution in [0.2, 0.25) is 5.02 Å². The molecule has 1 aliphatic rings. The highest BCUT2D eigenvalue weighted by molar-refractivity contribution is 6.46. The Balaban J connectivity index is 2.09. The number of ketones is 1. The maximum Gasteiger partial charge on any atom is 0.295 e. The number of hydrogen-bond donors (Lipinski definition) is 1. The van der Waals surface area contributed by atoms with Gasteiger partial charge in [-0.1, -0.05) is 43.5 Å². The first kappa shape index (κ1) is 24.6. The summed E-state index contributed by atoms with van der Waals surface area (Å²) in [6, 6.07) is 11.3. The van der Waals surface area contributed by atoms with E-state index in [0.29, 0.717) is 28.6 Å². The fourth-order valence-electron chi connectivity index (χ4n) is 3.96. The number of carbonyl (C=O) groups is 2. The zero-order valence-electron chi connectivity index (χ0n) is 19.4. The number of ether oxygens (including phenoxy) is 2. The van der Waals surface area contributed by atoms with Gasteiger partial charge in [0.15, 0.2) is 0 Å². The molecule has 6 nitrogen and oxygen atoms in total. The van der Waals surface area contributed by atoms with Crippen LogP contribution in [0.3, 0.4) is 0 Å². The van der Waals surface area contributed by atoms with E-state index in [4.69, 9.17) is 21.1 Å². The van der Waals surface area contributed by atoms with Gasteiger partial charge in [-0.2, -0.15) is 0 Å². The third-order valence-corrected chi connectivity index (χ3v) is 5.83. The molecular formula is C26H30ClNO5. The van der Waals surface area contributed by atoms with Crippen LogP contribution < -0.4 is 9.47 Å². The average molecular weight is 472 g/mol. The Morgan fingerprint density at radius 1 is 1.12 bits per heavy atom. The number of likely N-dealkylation sites (tertiary alicyclic amines) is 1. The van der Waals surface area contributed by atoms with Crippen molar-refractivity contribution in [3.05, 3.63) is 64.2 Å². The fourth-order valence-corrected chi connectivity index (χ4v) is 4.22. The second-order valence-electron chi connectivity index (χ2n) is 8.28. The van der Waals surface area contributed by atoms with Gasteiger partial charge in [-0.15, -0.1) is 0 Å². The predicted octanol–water partition coefficient (Wildman–Crippen LogP) is 5.75. The van der Waals surface area contributed by atoms with Gasteiger partial charge in [0.1, 0.15) is 17.3 Å². The minimum Gasteiger partial charge on any atom is -0.507 e. The first-order valence-electron chi connectivity index (χ1n) is 11.2. The van der Waals surface area contributed by atoms with E-state index in [9.17, 15) is 14.7 Å². The molecule has 3 rings (SSSR count). The Morgan fingerprint density at radius 2 is 1.82 bits per heavy atom. The lowest BCUT2D eigenvalue weighted by molar-refractivity contribution is -0.139. The number of amides is 1. The summed E-state index contributed by atoms with van der Waals surface area (Å²) in [5.41, 5.74) is 1.12. The molecule has 1 amide bonds. The maximum absolute atomic E-state index is 13.1. The van der Waals surface area contributed by atoms with Crippen LogP contribution >= 0.6 is 11.6 Å². The fraction of sp³-hybridized carbons (Fsp3) is 0.385. The van der Waals surface area contributed by atoms with Crippen LogP contribution in [0.15, 0.2) is 48.0 Å². The van der Waals surface area contributed by atoms with Gasteiger partial charge in [0.25, 0.3) is 11.7 Å². The van der Waals surface area contributed by atoms with E-state index in [-0.39, 0.29) is 17.4 Å². The summed E-state index contributed by atoms with van der Waals surface area (Å²) in [4.78, 5) is 27.6. The van der Waals surface area contributed by atoms with Crippen molar-refractivity contribution in [1.29, 1.82) is 0 Å². The Labute approximate surface area is 199 Å². The number of hydrogen-bond acceptors (Lipinski definition) is 5. The van der Waals surface area contributed by atoms with Crippen molar-refractivity contribution in [3.8, 4) is 11.5 Å². The van der Waals surface area contributed by atoms with Crippen LogP contribution in [-0.2, 0) is 9.59 Å². The number of halogens is 1. The summed E-state index contributed by atoms with van der Waals surface area (Å²) in [6.07, 6.45) is 2.71. The monoisotopic (exact) mass is 471 g/mol. The molecule has 0 aliphatic carbocycles. The lowest BCUT2D eigenvalue weighted by Crippen LogP contribution is -2.30. The molecule has 0 bridgehead atoms. The van der Waals surface area contributed by atoms with Crippen molar-refractivity contribution in [2.24, 2.45) is 0 Å². The van der Waals surface area contributed by atoms with Crippen LogP contribution in [0.25, 0.3) is 5.76 Å². The summed E-state index contributed by atoms with van der Waals surface area (Å²) in [5.74, 6) is -0.434. The van der Waals surface area contributed by atoms with Crippen LogP contribution in [-0.4, -0.2) is 41.5 Å². The van der Waals surface area contributed by atoms with Crippen LogP contribution in [0.1, 0.15) is 57.2 Å². The highest BCUT2D eigenvalue weighted by Gasteiger charge is 2.45. The van der Waals surface area contributed by atoms with E-state index in [1.54, 1.807) is 17.0 Å². The van der Waals surface area contributed by atoms with Crippen LogP contribution in [0.4, 0.5) is 0 Å². The molecule has 0 saturated carbocycles. The Morgan fingerprint density at radius 3 is 2.39 bits per heavy atom. The highest BCUT2D eigenvalue weighted by atomic mass is 35.5. The normalized spacial score (nSPS) is 17.6. The van der Waals surface area contributed by atoms with E-state index in [1.807, 2.05) is 38.1 Å². The molecule has 1 heterocycles. The molecule has 2 aromatic rings. The SMILES string of the molecule is CCCCCN1C(=O)C(=O)/C(=C(\O)c2ccc(OC)c(Cl)c2)C1c1ccc(OC(C)C)cc1. The van der Waals surface area contributed by atoms with E-state index in [1.165, 1.54) is 13.2 Å². The van der Waals surface area contributed by atoms with E-state index in [0.717, 1.165) is 24.8 Å². The number of methoxy groups -OCH3 is 1. The number of aliphatic hydroxyl groups excluding tert-OH is 1. The number of carbonyl (C=O) groups excluding carboxylic acids is 2. The van der Waals surface area contributed by atoms with Gasteiger partial charge in [0.05, 0.1) is 29.9 Å². The van der Waals surface area contributed by atoms with Gasteiger partial charge in [-0.3, -0.25) is 9.59 Å². The smallest absolute Gasteiger partial charge is 0.295 e. The van der Waals surface area contributed by atoms with E-state index in [2.05, 4.69) is 6.92 Å².